The molecule has 4 rings (SSSR count). The van der Waals surface area contributed by atoms with Crippen molar-refractivity contribution in [3.8, 4) is 17.2 Å². The number of methoxy groups -OCH3 is 3. The highest BCUT2D eigenvalue weighted by Gasteiger charge is 2.28. The Bertz CT molecular complexity index is 1530. The lowest BCUT2D eigenvalue weighted by Gasteiger charge is -2.12. The van der Waals surface area contributed by atoms with Crippen molar-refractivity contribution >= 4 is 45.8 Å². The summed E-state index contributed by atoms with van der Waals surface area (Å²) in [7, 11) is 4.15. The van der Waals surface area contributed by atoms with Crippen LogP contribution in [0.15, 0.2) is 47.6 Å². The van der Waals surface area contributed by atoms with Gasteiger partial charge in [0.2, 0.25) is 0 Å². The fourth-order valence-electron chi connectivity index (χ4n) is 4.33. The average molecular weight is 580 g/mol. The van der Waals surface area contributed by atoms with Crippen LogP contribution in [-0.4, -0.2) is 50.8 Å². The molecule has 0 spiro atoms. The molecule has 0 atom stereocenters. The molecule has 0 unspecified atom stereocenters. The zero-order valence-corrected chi connectivity index (χ0v) is 23.8. The number of amides is 2. The molecule has 1 aromatic heterocycles. The summed E-state index contributed by atoms with van der Waals surface area (Å²) in [6.45, 7) is 1.62. The van der Waals surface area contributed by atoms with Crippen molar-refractivity contribution in [1.29, 1.82) is 0 Å². The third-order valence-electron chi connectivity index (χ3n) is 6.43. The van der Waals surface area contributed by atoms with E-state index in [0.29, 0.717) is 29.0 Å². The van der Waals surface area contributed by atoms with E-state index in [4.69, 9.17) is 18.9 Å². The number of hydrogen-bond donors (Lipinski definition) is 2. The minimum absolute atomic E-state index is 0.170. The lowest BCUT2D eigenvalue weighted by atomic mass is 9.95. The van der Waals surface area contributed by atoms with Crippen LogP contribution in [0.5, 0.6) is 17.2 Å². The number of nitrogens with zero attached hydrogens (tertiary/aromatic N) is 1. The van der Waals surface area contributed by atoms with E-state index in [1.807, 2.05) is 0 Å². The topological polar surface area (TPSA) is 142 Å². The Balaban J connectivity index is 1.44. The van der Waals surface area contributed by atoms with Crippen molar-refractivity contribution in [2.75, 3.05) is 26.6 Å². The maximum absolute atomic E-state index is 12.7. The smallest absolute Gasteiger partial charge is 0.347 e. The van der Waals surface area contributed by atoms with E-state index in [-0.39, 0.29) is 22.1 Å². The van der Waals surface area contributed by atoms with Crippen LogP contribution in [0.3, 0.4) is 0 Å². The van der Waals surface area contributed by atoms with Gasteiger partial charge in [0.15, 0.2) is 11.5 Å². The Kier molecular flexibility index (Phi) is 9.35. The van der Waals surface area contributed by atoms with Crippen LogP contribution in [0.2, 0.25) is 0 Å². The second-order valence-corrected chi connectivity index (χ2v) is 10.1. The van der Waals surface area contributed by atoms with Gasteiger partial charge in [-0.3, -0.25) is 9.59 Å². The quantitative estimate of drug-likeness (QED) is 0.133. The number of aryl methyl sites for hydroxylation is 1. The van der Waals surface area contributed by atoms with Gasteiger partial charge in [0.05, 0.1) is 32.6 Å². The molecule has 0 aliphatic heterocycles. The molecule has 1 aliphatic carbocycles. The molecular weight excluding hydrogens is 550 g/mol. The molecule has 2 N–H and O–H groups in total. The monoisotopic (exact) mass is 579 g/mol. The van der Waals surface area contributed by atoms with Crippen LogP contribution in [0.25, 0.3) is 0 Å². The van der Waals surface area contributed by atoms with E-state index < -0.39 is 23.8 Å². The Hall–Kier alpha value is -4.71. The highest BCUT2D eigenvalue weighted by Crippen LogP contribution is 2.38. The van der Waals surface area contributed by atoms with Crippen molar-refractivity contribution in [2.45, 2.75) is 32.6 Å². The highest BCUT2D eigenvalue weighted by atomic mass is 32.1. The molecule has 0 fully saturated rings. The summed E-state index contributed by atoms with van der Waals surface area (Å²) < 4.78 is 21.0. The number of carbonyl (C=O) groups excluding carboxylic acids is 4. The SMILES string of the molecule is COC(=O)c1c(NC(=O)C(=O)N/N=C(\C)c2ccc(OC(=O)c3ccccc3OC)c(OC)c2)sc2c1CCCC2. The molecule has 11 nitrogen and oxygen atoms in total. The minimum Gasteiger partial charge on any atom is -0.496 e. The maximum Gasteiger partial charge on any atom is 0.347 e. The highest BCUT2D eigenvalue weighted by molar-refractivity contribution is 7.17. The zero-order chi connectivity index (χ0) is 29.5. The van der Waals surface area contributed by atoms with Gasteiger partial charge in [-0.2, -0.15) is 5.10 Å². The van der Waals surface area contributed by atoms with Gasteiger partial charge in [-0.15, -0.1) is 11.3 Å². The number of carbonyl (C=O) groups is 4. The second kappa shape index (κ2) is 13.1. The average Bonchev–Trinajstić information content (AvgIpc) is 3.36. The number of benzene rings is 2. The van der Waals surface area contributed by atoms with E-state index >= 15 is 0 Å². The van der Waals surface area contributed by atoms with Crippen molar-refractivity contribution in [2.24, 2.45) is 5.10 Å². The van der Waals surface area contributed by atoms with Gasteiger partial charge < -0.3 is 24.3 Å². The number of ether oxygens (including phenoxy) is 4. The number of para-hydroxylation sites is 1. The number of hydrazone groups is 1. The number of rotatable bonds is 8. The third-order valence-corrected chi connectivity index (χ3v) is 7.64. The lowest BCUT2D eigenvalue weighted by molar-refractivity contribution is -0.136. The van der Waals surface area contributed by atoms with Crippen molar-refractivity contribution in [3.05, 3.63) is 69.6 Å². The van der Waals surface area contributed by atoms with Gasteiger partial charge >= 0.3 is 23.8 Å². The summed E-state index contributed by atoms with van der Waals surface area (Å²) in [6, 6.07) is 11.4. The van der Waals surface area contributed by atoms with Crippen LogP contribution < -0.4 is 25.0 Å². The summed E-state index contributed by atoms with van der Waals surface area (Å²) in [5.74, 6) is -2.37. The number of esters is 2. The number of nitrogens with one attached hydrogen (secondary N) is 2. The van der Waals surface area contributed by atoms with Crippen LogP contribution in [0.1, 0.15) is 56.5 Å². The normalized spacial score (nSPS) is 12.5. The molecule has 1 aliphatic rings. The van der Waals surface area contributed by atoms with E-state index in [9.17, 15) is 19.2 Å². The van der Waals surface area contributed by atoms with Gasteiger partial charge in [-0.05, 0) is 68.5 Å². The Labute approximate surface area is 240 Å². The molecular formula is C29H29N3O8S. The molecule has 1 heterocycles. The predicted octanol–water partition coefficient (Wildman–Crippen LogP) is 4.13. The Morgan fingerprint density at radius 3 is 2.32 bits per heavy atom. The van der Waals surface area contributed by atoms with E-state index in [0.717, 1.165) is 29.7 Å². The number of hydrogen-bond acceptors (Lipinski definition) is 10. The van der Waals surface area contributed by atoms with Crippen molar-refractivity contribution < 1.29 is 38.1 Å². The van der Waals surface area contributed by atoms with E-state index in [1.54, 1.807) is 43.3 Å². The van der Waals surface area contributed by atoms with Gasteiger partial charge in [-0.1, -0.05) is 12.1 Å². The van der Waals surface area contributed by atoms with Crippen molar-refractivity contribution in [1.82, 2.24) is 5.43 Å². The first-order chi connectivity index (χ1) is 19.8. The predicted molar refractivity (Wildman–Crippen MR) is 152 cm³/mol. The van der Waals surface area contributed by atoms with Crippen LogP contribution in [0, 0.1) is 0 Å². The number of anilines is 1. The summed E-state index contributed by atoms with van der Waals surface area (Å²) in [5.41, 5.74) is 4.54. The molecule has 3 aromatic rings. The second-order valence-electron chi connectivity index (χ2n) is 8.95. The fraction of sp³-hybridized carbons (Fsp3) is 0.276. The lowest BCUT2D eigenvalue weighted by Crippen LogP contribution is -2.33. The summed E-state index contributed by atoms with van der Waals surface area (Å²) >= 11 is 1.28. The van der Waals surface area contributed by atoms with Crippen LogP contribution in [-0.2, 0) is 27.2 Å². The molecule has 0 radical (unpaired) electrons. The molecule has 0 saturated heterocycles. The van der Waals surface area contributed by atoms with Crippen molar-refractivity contribution in [3.63, 3.8) is 0 Å². The molecule has 2 amide bonds. The molecule has 2 aromatic carbocycles. The Morgan fingerprint density at radius 1 is 0.854 bits per heavy atom. The van der Waals surface area contributed by atoms with Gasteiger partial charge in [0.1, 0.15) is 16.3 Å². The van der Waals surface area contributed by atoms with Gasteiger partial charge in [-0.25, -0.2) is 15.0 Å². The molecule has 0 bridgehead atoms. The Morgan fingerprint density at radius 2 is 1.59 bits per heavy atom. The fourth-order valence-corrected chi connectivity index (χ4v) is 5.60. The van der Waals surface area contributed by atoms with Crippen LogP contribution >= 0.6 is 11.3 Å². The molecule has 41 heavy (non-hydrogen) atoms. The van der Waals surface area contributed by atoms with E-state index in [1.165, 1.54) is 38.7 Å². The number of thiophene rings is 1. The molecule has 12 heteroatoms. The maximum atomic E-state index is 12.7. The number of fused-ring (bicyclic) bond motifs is 1. The summed E-state index contributed by atoms with van der Waals surface area (Å²) in [5, 5.41) is 6.84. The van der Waals surface area contributed by atoms with Gasteiger partial charge in [0.25, 0.3) is 0 Å². The van der Waals surface area contributed by atoms with Crippen LogP contribution in [0.4, 0.5) is 5.00 Å². The largest absolute Gasteiger partial charge is 0.496 e. The third kappa shape index (κ3) is 6.55. The molecule has 0 saturated carbocycles. The zero-order valence-electron chi connectivity index (χ0n) is 23.0. The van der Waals surface area contributed by atoms with Gasteiger partial charge in [0, 0.05) is 10.4 Å². The first kappa shape index (κ1) is 29.3. The van der Waals surface area contributed by atoms with E-state index in [2.05, 4.69) is 15.8 Å². The minimum atomic E-state index is -1.01. The standard InChI is InChI=1S/C29H29N3O8S/c1-16(17-13-14-21(22(15-17)38-3)40-28(35)18-9-5-7-11-20(18)37-2)31-32-26(34)25(33)30-27-24(29(36)39-4)19-10-6-8-12-23(19)41-27/h5,7,9,11,13-15H,6,8,10,12H2,1-4H3,(H,30,33)(H,32,34)/b31-16+. The molecule has 214 valence electrons. The summed E-state index contributed by atoms with van der Waals surface area (Å²) in [6.07, 6.45) is 3.44. The first-order valence-corrected chi connectivity index (χ1v) is 13.5. The first-order valence-electron chi connectivity index (χ1n) is 12.7. The summed E-state index contributed by atoms with van der Waals surface area (Å²) in [4.78, 5) is 51.3.